The maximum Gasteiger partial charge on any atom is 0.185 e. The normalized spacial score (nSPS) is 22.9. The lowest BCUT2D eigenvalue weighted by molar-refractivity contribution is -0.0447. The highest BCUT2D eigenvalue weighted by molar-refractivity contribution is 9.10. The predicted molar refractivity (Wildman–Crippen MR) is 159 cm³/mol. The summed E-state index contributed by atoms with van der Waals surface area (Å²) in [5.74, 6) is 0. The van der Waals surface area contributed by atoms with Crippen LogP contribution in [0.1, 0.15) is 126 Å². The Morgan fingerprint density at radius 2 is 1.03 bits per heavy atom. The Labute approximate surface area is 240 Å². The molecule has 2 aromatic rings. The molecule has 0 amide bonds. The van der Waals surface area contributed by atoms with Crippen LogP contribution in [0.2, 0.25) is 0 Å². The van der Waals surface area contributed by atoms with Gasteiger partial charge in [-0.3, -0.25) is 4.79 Å². The molecule has 3 nitrogen and oxygen atoms in total. The average molecular weight is 634 g/mol. The Bertz CT molecular complexity index is 1190. The lowest BCUT2D eigenvalue weighted by atomic mass is 9.63. The van der Waals surface area contributed by atoms with Crippen molar-refractivity contribution in [1.29, 1.82) is 0 Å². The molecule has 1 fully saturated rings. The number of hydrogen-bond donors (Lipinski definition) is 0. The molecule has 0 aromatic heterocycles. The van der Waals surface area contributed by atoms with E-state index in [9.17, 15) is 4.79 Å². The Hall–Kier alpha value is -1.01. The van der Waals surface area contributed by atoms with E-state index >= 15 is 0 Å². The van der Waals surface area contributed by atoms with E-state index in [0.717, 1.165) is 26.4 Å². The molecule has 0 spiro atoms. The quantitative estimate of drug-likeness (QED) is 0.309. The highest BCUT2D eigenvalue weighted by Crippen LogP contribution is 2.49. The molecule has 0 atom stereocenters. The van der Waals surface area contributed by atoms with Gasteiger partial charge in [0.2, 0.25) is 0 Å². The zero-order valence-corrected chi connectivity index (χ0v) is 26.9. The maximum atomic E-state index is 11.1. The Kier molecular flexibility index (Phi) is 7.98. The Morgan fingerprint density at radius 1 is 0.649 bits per heavy atom. The summed E-state index contributed by atoms with van der Waals surface area (Å²) in [6.07, 6.45) is 5.54. The van der Waals surface area contributed by atoms with E-state index in [-0.39, 0.29) is 27.9 Å². The number of benzene rings is 2. The Morgan fingerprint density at radius 3 is 1.46 bits per heavy atom. The van der Waals surface area contributed by atoms with E-state index in [1.165, 1.54) is 47.9 Å². The number of hydrogen-bond acceptors (Lipinski definition) is 3. The van der Waals surface area contributed by atoms with E-state index in [2.05, 4.69) is 112 Å². The largest absolute Gasteiger partial charge is 0.346 e. The van der Waals surface area contributed by atoms with Gasteiger partial charge in [-0.05, 0) is 93.9 Å². The van der Waals surface area contributed by atoms with Crippen LogP contribution in [-0.2, 0) is 31.1 Å². The van der Waals surface area contributed by atoms with Crippen LogP contribution in [0, 0.1) is 0 Å². The summed E-state index contributed by atoms with van der Waals surface area (Å²) in [7, 11) is 0. The molecule has 0 bridgehead atoms. The topological polar surface area (TPSA) is 35.5 Å². The van der Waals surface area contributed by atoms with Gasteiger partial charge in [0.1, 0.15) is 0 Å². The van der Waals surface area contributed by atoms with Crippen LogP contribution < -0.4 is 0 Å². The third kappa shape index (κ3) is 5.66. The molecule has 2 aromatic carbocycles. The number of fused-ring (bicyclic) bond motifs is 2. The Balaban J connectivity index is 0.000000176. The molecule has 0 saturated carbocycles. The first kappa shape index (κ1) is 29.0. The summed E-state index contributed by atoms with van der Waals surface area (Å²) < 4.78 is 13.4. The van der Waals surface area contributed by atoms with E-state index < -0.39 is 0 Å². The molecule has 202 valence electrons. The zero-order chi connectivity index (χ0) is 27.4. The van der Waals surface area contributed by atoms with Crippen molar-refractivity contribution in [2.24, 2.45) is 0 Å². The molecular formula is C32H42Br2O3. The first-order chi connectivity index (χ1) is 17.1. The van der Waals surface area contributed by atoms with Crippen molar-refractivity contribution in [1.82, 2.24) is 0 Å². The maximum absolute atomic E-state index is 11.1. The van der Waals surface area contributed by atoms with Crippen LogP contribution in [0.5, 0.6) is 0 Å². The molecule has 2 aliphatic carbocycles. The van der Waals surface area contributed by atoms with E-state index in [1.807, 2.05) is 0 Å². The lowest BCUT2D eigenvalue weighted by Crippen LogP contribution is -2.34. The lowest BCUT2D eigenvalue weighted by Gasteiger charge is -2.42. The minimum absolute atomic E-state index is 0.170. The van der Waals surface area contributed by atoms with Crippen molar-refractivity contribution in [3.63, 3.8) is 0 Å². The summed E-state index contributed by atoms with van der Waals surface area (Å²) in [4.78, 5) is 11.1. The predicted octanol–water partition coefficient (Wildman–Crippen LogP) is 9.45. The SMILES string of the molecule is CC1(C)CCC(C)(C)c2cc(C3OCCO3)c(Br)cc21.CC1(C)CCC(C)(C)c2cc(C=O)c(Br)cc21. The molecular weight excluding hydrogens is 592 g/mol. The average Bonchev–Trinajstić information content (AvgIpc) is 3.35. The van der Waals surface area contributed by atoms with Gasteiger partial charge in [-0.25, -0.2) is 0 Å². The second kappa shape index (κ2) is 10.2. The molecule has 1 aliphatic heterocycles. The number of carbonyl (C=O) groups excluding carboxylic acids is 1. The summed E-state index contributed by atoms with van der Waals surface area (Å²) in [5, 5.41) is 0. The van der Waals surface area contributed by atoms with Gasteiger partial charge in [-0.15, -0.1) is 0 Å². The van der Waals surface area contributed by atoms with E-state index in [1.54, 1.807) is 0 Å². The van der Waals surface area contributed by atoms with Gasteiger partial charge in [0, 0.05) is 20.1 Å². The van der Waals surface area contributed by atoms with Crippen LogP contribution in [0.3, 0.4) is 0 Å². The molecule has 5 rings (SSSR count). The van der Waals surface area contributed by atoms with Crippen LogP contribution in [0.4, 0.5) is 0 Å². The van der Waals surface area contributed by atoms with Gasteiger partial charge < -0.3 is 9.47 Å². The first-order valence-corrected chi connectivity index (χ1v) is 15.0. The third-order valence-corrected chi connectivity index (χ3v) is 10.3. The third-order valence-electron chi connectivity index (χ3n) is 8.94. The second-order valence-corrected chi connectivity index (χ2v) is 15.3. The van der Waals surface area contributed by atoms with Crippen LogP contribution in [-0.4, -0.2) is 19.5 Å². The van der Waals surface area contributed by atoms with Gasteiger partial charge in [0.15, 0.2) is 12.6 Å². The van der Waals surface area contributed by atoms with Gasteiger partial charge in [0.05, 0.1) is 13.2 Å². The van der Waals surface area contributed by atoms with Gasteiger partial charge in [-0.1, -0.05) is 87.2 Å². The molecule has 1 heterocycles. The summed E-state index contributed by atoms with van der Waals surface area (Å²) in [5.41, 5.74) is 8.35. The molecule has 37 heavy (non-hydrogen) atoms. The van der Waals surface area contributed by atoms with Crippen molar-refractivity contribution in [3.8, 4) is 0 Å². The standard InChI is InChI=1S/C17H23BrO2.C15H19BrO/c1-16(2)5-6-17(3,4)13-10-14(18)11(9-12(13)16)15-19-7-8-20-15;1-14(2)5-6-15(3,4)12-8-13(16)10(9-17)7-11(12)14/h9-10,15H,5-8H2,1-4H3;7-9H,5-6H2,1-4H3. The summed E-state index contributed by atoms with van der Waals surface area (Å²) >= 11 is 7.21. The molecule has 3 aliphatic rings. The number of ether oxygens (including phenoxy) is 2. The number of aldehydes is 1. The van der Waals surface area contributed by atoms with Gasteiger partial charge in [-0.2, -0.15) is 0 Å². The highest BCUT2D eigenvalue weighted by atomic mass is 79.9. The molecule has 0 unspecified atom stereocenters. The van der Waals surface area contributed by atoms with Crippen molar-refractivity contribution >= 4 is 38.1 Å². The molecule has 0 radical (unpaired) electrons. The highest BCUT2D eigenvalue weighted by Gasteiger charge is 2.39. The summed E-state index contributed by atoms with van der Waals surface area (Å²) in [6, 6.07) is 8.79. The minimum Gasteiger partial charge on any atom is -0.346 e. The molecule has 1 saturated heterocycles. The second-order valence-electron chi connectivity index (χ2n) is 13.6. The fraction of sp³-hybridized carbons (Fsp3) is 0.594. The molecule has 0 N–H and O–H groups in total. The fourth-order valence-electron chi connectivity index (χ4n) is 6.02. The zero-order valence-electron chi connectivity index (χ0n) is 23.7. The first-order valence-electron chi connectivity index (χ1n) is 13.5. The van der Waals surface area contributed by atoms with Gasteiger partial charge in [0.25, 0.3) is 0 Å². The number of rotatable bonds is 2. The minimum atomic E-state index is -0.212. The fourth-order valence-corrected chi connectivity index (χ4v) is 6.98. The summed E-state index contributed by atoms with van der Waals surface area (Å²) in [6.45, 7) is 19.8. The molecule has 5 heteroatoms. The van der Waals surface area contributed by atoms with Crippen molar-refractivity contribution in [2.45, 2.75) is 109 Å². The van der Waals surface area contributed by atoms with Crippen LogP contribution in [0.25, 0.3) is 0 Å². The number of halogens is 2. The van der Waals surface area contributed by atoms with Gasteiger partial charge >= 0.3 is 0 Å². The number of carbonyl (C=O) groups is 1. The van der Waals surface area contributed by atoms with E-state index in [4.69, 9.17) is 9.47 Å². The smallest absolute Gasteiger partial charge is 0.185 e. The van der Waals surface area contributed by atoms with Crippen LogP contribution >= 0.6 is 31.9 Å². The van der Waals surface area contributed by atoms with Crippen molar-refractivity contribution < 1.29 is 14.3 Å². The van der Waals surface area contributed by atoms with Crippen molar-refractivity contribution in [3.05, 3.63) is 66.6 Å². The van der Waals surface area contributed by atoms with E-state index in [0.29, 0.717) is 13.2 Å². The van der Waals surface area contributed by atoms with Crippen LogP contribution in [0.15, 0.2) is 33.2 Å². The monoisotopic (exact) mass is 632 g/mol. The van der Waals surface area contributed by atoms with Crippen molar-refractivity contribution in [2.75, 3.05) is 13.2 Å².